The quantitative estimate of drug-likeness (QED) is 0.503. The lowest BCUT2D eigenvalue weighted by Gasteiger charge is -2.17. The summed E-state index contributed by atoms with van der Waals surface area (Å²) < 4.78 is 20.4. The van der Waals surface area contributed by atoms with Crippen molar-refractivity contribution in [3.63, 3.8) is 0 Å². The molecule has 1 N–H and O–H groups in total. The number of aryl methyl sites for hydroxylation is 2. The van der Waals surface area contributed by atoms with Gasteiger partial charge in [0, 0.05) is 11.8 Å². The van der Waals surface area contributed by atoms with Crippen molar-refractivity contribution in [2.75, 3.05) is 5.32 Å². The summed E-state index contributed by atoms with van der Waals surface area (Å²) >= 11 is 0. The van der Waals surface area contributed by atoms with Gasteiger partial charge in [-0.15, -0.1) is 0 Å². The number of amides is 1. The molecule has 0 spiro atoms. The third-order valence-electron chi connectivity index (χ3n) is 5.15. The molecule has 0 fully saturated rings. The Balaban J connectivity index is 1.57. The molecule has 1 unspecified atom stereocenters. The van der Waals surface area contributed by atoms with E-state index in [9.17, 15) is 14.0 Å². The maximum absolute atomic E-state index is 13.3. The normalized spacial score (nSPS) is 11.9. The van der Waals surface area contributed by atoms with Crippen LogP contribution in [0.4, 0.5) is 10.1 Å². The fourth-order valence-corrected chi connectivity index (χ4v) is 3.51. The number of halogens is 1. The zero-order chi connectivity index (χ0) is 22.8. The lowest BCUT2D eigenvalue weighted by molar-refractivity contribution is -0.122. The van der Waals surface area contributed by atoms with Crippen LogP contribution in [0.5, 0.6) is 5.75 Å². The van der Waals surface area contributed by atoms with E-state index in [0.717, 1.165) is 5.56 Å². The van der Waals surface area contributed by atoms with Crippen molar-refractivity contribution in [3.8, 4) is 11.4 Å². The van der Waals surface area contributed by atoms with Crippen molar-refractivity contribution in [3.05, 3.63) is 94.3 Å². The number of carbonyl (C=O) groups excluding carboxylic acids is 1. The Hall–Kier alpha value is -4.00. The van der Waals surface area contributed by atoms with Gasteiger partial charge in [-0.25, -0.2) is 9.37 Å². The molecule has 1 atom stereocenters. The second kappa shape index (κ2) is 8.63. The van der Waals surface area contributed by atoms with Gasteiger partial charge >= 0.3 is 0 Å². The molecule has 0 aliphatic heterocycles. The minimum atomic E-state index is -0.828. The van der Waals surface area contributed by atoms with Gasteiger partial charge in [0.15, 0.2) is 6.10 Å². The fourth-order valence-electron chi connectivity index (χ4n) is 3.51. The van der Waals surface area contributed by atoms with Gasteiger partial charge in [-0.05, 0) is 68.8 Å². The van der Waals surface area contributed by atoms with Crippen molar-refractivity contribution in [1.82, 2.24) is 9.55 Å². The molecule has 0 bridgehead atoms. The highest BCUT2D eigenvalue weighted by Crippen LogP contribution is 2.21. The Kier molecular flexibility index (Phi) is 5.73. The first-order valence-electron chi connectivity index (χ1n) is 10.2. The number of fused-ring (bicyclic) bond motifs is 1. The van der Waals surface area contributed by atoms with Gasteiger partial charge in [0.1, 0.15) is 17.4 Å². The molecule has 1 heterocycles. The number of carbonyl (C=O) groups is 1. The highest BCUT2D eigenvalue weighted by molar-refractivity contribution is 5.94. The smallest absolute Gasteiger partial charge is 0.265 e. The topological polar surface area (TPSA) is 73.2 Å². The molecule has 6 nitrogen and oxygen atoms in total. The molecule has 3 aromatic carbocycles. The average molecular weight is 431 g/mol. The Morgan fingerprint density at radius 3 is 2.59 bits per heavy atom. The number of hydrogen-bond acceptors (Lipinski definition) is 4. The van der Waals surface area contributed by atoms with E-state index in [0.29, 0.717) is 28.1 Å². The third kappa shape index (κ3) is 4.23. The first-order valence-corrected chi connectivity index (χ1v) is 10.2. The molecule has 4 aromatic rings. The number of hydrogen-bond donors (Lipinski definition) is 1. The van der Waals surface area contributed by atoms with Crippen LogP contribution >= 0.6 is 0 Å². The molecule has 32 heavy (non-hydrogen) atoms. The van der Waals surface area contributed by atoms with E-state index in [2.05, 4.69) is 10.3 Å². The van der Waals surface area contributed by atoms with Crippen LogP contribution in [0.1, 0.15) is 18.3 Å². The van der Waals surface area contributed by atoms with Gasteiger partial charge in [-0.3, -0.25) is 14.2 Å². The molecule has 0 aliphatic carbocycles. The largest absolute Gasteiger partial charge is 0.481 e. The monoisotopic (exact) mass is 431 g/mol. The highest BCUT2D eigenvalue weighted by atomic mass is 19.1. The molecule has 1 aromatic heterocycles. The molecule has 4 rings (SSSR count). The number of rotatable bonds is 5. The van der Waals surface area contributed by atoms with Crippen LogP contribution in [0, 0.1) is 19.7 Å². The molecule has 0 saturated carbocycles. The van der Waals surface area contributed by atoms with Crippen LogP contribution in [-0.2, 0) is 4.79 Å². The van der Waals surface area contributed by atoms with Crippen LogP contribution in [0.25, 0.3) is 16.6 Å². The van der Waals surface area contributed by atoms with Crippen molar-refractivity contribution >= 4 is 22.5 Å². The molecular formula is C25H22FN3O3. The second-order valence-corrected chi connectivity index (χ2v) is 7.52. The van der Waals surface area contributed by atoms with Gasteiger partial charge in [-0.1, -0.05) is 18.2 Å². The average Bonchev–Trinajstić information content (AvgIpc) is 2.75. The van der Waals surface area contributed by atoms with E-state index in [-0.39, 0.29) is 17.2 Å². The zero-order valence-electron chi connectivity index (χ0n) is 17.9. The molecule has 1 amide bonds. The van der Waals surface area contributed by atoms with Gasteiger partial charge < -0.3 is 10.1 Å². The minimum Gasteiger partial charge on any atom is -0.481 e. The van der Waals surface area contributed by atoms with E-state index < -0.39 is 11.9 Å². The third-order valence-corrected chi connectivity index (χ3v) is 5.15. The van der Waals surface area contributed by atoms with Crippen LogP contribution in [0.15, 0.2) is 71.5 Å². The Morgan fingerprint density at radius 2 is 1.84 bits per heavy atom. The molecular weight excluding hydrogens is 409 g/mol. The lowest BCUT2D eigenvalue weighted by atomic mass is 10.1. The summed E-state index contributed by atoms with van der Waals surface area (Å²) in [4.78, 5) is 30.1. The van der Waals surface area contributed by atoms with E-state index in [4.69, 9.17) is 4.74 Å². The standard InChI is InChI=1S/C25H22FN3O3/c1-15-13-19(29-17(3)27-23-10-5-4-9-21(23)25(29)31)11-12-22(15)28-24(30)16(2)32-20-8-6-7-18(26)14-20/h4-14,16H,1-3H3,(H,28,30). The van der Waals surface area contributed by atoms with Crippen molar-refractivity contribution < 1.29 is 13.9 Å². The van der Waals surface area contributed by atoms with Crippen molar-refractivity contribution in [2.24, 2.45) is 0 Å². The van der Waals surface area contributed by atoms with E-state index in [1.807, 2.05) is 31.2 Å². The molecule has 7 heteroatoms. The number of ether oxygens (including phenoxy) is 1. The first-order chi connectivity index (χ1) is 15.3. The Morgan fingerprint density at radius 1 is 1.06 bits per heavy atom. The molecule has 0 saturated heterocycles. The molecule has 0 radical (unpaired) electrons. The van der Waals surface area contributed by atoms with Crippen molar-refractivity contribution in [2.45, 2.75) is 26.9 Å². The predicted octanol–water partition coefficient (Wildman–Crippen LogP) is 4.55. The van der Waals surface area contributed by atoms with Gasteiger partial charge in [-0.2, -0.15) is 0 Å². The van der Waals surface area contributed by atoms with E-state index >= 15 is 0 Å². The molecule has 162 valence electrons. The first kappa shape index (κ1) is 21.2. The SMILES string of the molecule is Cc1cc(-n2c(C)nc3ccccc3c2=O)ccc1NC(=O)C(C)Oc1cccc(F)c1. The highest BCUT2D eigenvalue weighted by Gasteiger charge is 2.17. The van der Waals surface area contributed by atoms with Gasteiger partial charge in [0.25, 0.3) is 11.5 Å². The summed E-state index contributed by atoms with van der Waals surface area (Å²) in [6.07, 6.45) is -0.828. The summed E-state index contributed by atoms with van der Waals surface area (Å²) in [5.41, 5.74) is 2.52. The Labute approximate surface area is 184 Å². The summed E-state index contributed by atoms with van der Waals surface area (Å²) in [5, 5.41) is 3.36. The zero-order valence-corrected chi connectivity index (χ0v) is 17.9. The summed E-state index contributed by atoms with van der Waals surface area (Å²) in [6, 6.07) is 18.2. The second-order valence-electron chi connectivity index (χ2n) is 7.52. The lowest BCUT2D eigenvalue weighted by Crippen LogP contribution is -2.30. The number of benzene rings is 3. The van der Waals surface area contributed by atoms with Crippen molar-refractivity contribution in [1.29, 1.82) is 0 Å². The maximum Gasteiger partial charge on any atom is 0.265 e. The summed E-state index contributed by atoms with van der Waals surface area (Å²) in [5.74, 6) is 0.0430. The molecule has 0 aliphatic rings. The number of nitrogens with zero attached hydrogens (tertiary/aromatic N) is 2. The summed E-state index contributed by atoms with van der Waals surface area (Å²) in [6.45, 7) is 5.21. The number of para-hydroxylation sites is 1. The predicted molar refractivity (Wildman–Crippen MR) is 122 cm³/mol. The Bertz CT molecular complexity index is 1380. The van der Waals surface area contributed by atoms with Crippen LogP contribution in [-0.4, -0.2) is 21.6 Å². The summed E-state index contributed by atoms with van der Waals surface area (Å²) in [7, 11) is 0. The number of aromatic nitrogens is 2. The minimum absolute atomic E-state index is 0.151. The van der Waals surface area contributed by atoms with Gasteiger partial charge in [0.05, 0.1) is 16.6 Å². The van der Waals surface area contributed by atoms with E-state index in [1.54, 1.807) is 42.7 Å². The van der Waals surface area contributed by atoms with Gasteiger partial charge in [0.2, 0.25) is 0 Å². The number of anilines is 1. The maximum atomic E-state index is 13.3. The van der Waals surface area contributed by atoms with E-state index in [1.165, 1.54) is 18.2 Å². The van der Waals surface area contributed by atoms with Crippen LogP contribution in [0.3, 0.4) is 0 Å². The number of nitrogens with one attached hydrogen (secondary N) is 1. The fraction of sp³-hybridized carbons (Fsp3) is 0.160. The van der Waals surface area contributed by atoms with Crippen LogP contribution < -0.4 is 15.6 Å². The van der Waals surface area contributed by atoms with Crippen LogP contribution in [0.2, 0.25) is 0 Å².